The molecule has 0 saturated heterocycles. The average molecular weight is 199 g/mol. The summed E-state index contributed by atoms with van der Waals surface area (Å²) in [6.45, 7) is 7.25. The third kappa shape index (κ3) is 3.43. The molecule has 0 amide bonds. The predicted octanol–water partition coefficient (Wildman–Crippen LogP) is 2.38. The van der Waals surface area contributed by atoms with Crippen LogP contribution < -0.4 is 0 Å². The maximum atomic E-state index is 11.0. The number of hydrogen-bond donors (Lipinski definition) is 0. The lowest BCUT2D eigenvalue weighted by Crippen LogP contribution is -2.29. The molecule has 2 nitrogen and oxygen atoms in total. The molecule has 0 atom stereocenters. The number of rotatable bonds is 3. The molecular formula is C7H15ClO2S. The second-order valence-corrected chi connectivity index (χ2v) is 7.00. The molecule has 0 spiro atoms. The molecule has 0 aliphatic heterocycles. The molecule has 0 aliphatic rings. The summed E-state index contributed by atoms with van der Waals surface area (Å²) in [5.41, 5.74) is 0. The van der Waals surface area contributed by atoms with E-state index in [0.717, 1.165) is 0 Å². The summed E-state index contributed by atoms with van der Waals surface area (Å²) in [7, 11) is 1.82. The van der Waals surface area contributed by atoms with Gasteiger partial charge in [-0.1, -0.05) is 13.8 Å². The van der Waals surface area contributed by atoms with Crippen LogP contribution in [-0.4, -0.2) is 13.2 Å². The minimum Gasteiger partial charge on any atom is -0.212 e. The molecule has 0 radical (unpaired) electrons. The SMILES string of the molecule is CC(C)CC(C)(C)S(=O)(=O)Cl. The molecule has 0 aliphatic carbocycles. The number of halogens is 1. The van der Waals surface area contributed by atoms with E-state index in [0.29, 0.717) is 12.3 Å². The van der Waals surface area contributed by atoms with Crippen LogP contribution >= 0.6 is 10.7 Å². The van der Waals surface area contributed by atoms with Crippen molar-refractivity contribution in [3.05, 3.63) is 0 Å². The van der Waals surface area contributed by atoms with Gasteiger partial charge in [-0.15, -0.1) is 0 Å². The van der Waals surface area contributed by atoms with E-state index in [9.17, 15) is 8.42 Å². The second-order valence-electron chi connectivity index (χ2n) is 3.80. The van der Waals surface area contributed by atoms with Crippen molar-refractivity contribution in [2.24, 2.45) is 5.92 Å². The summed E-state index contributed by atoms with van der Waals surface area (Å²) in [5.74, 6) is 0.346. The summed E-state index contributed by atoms with van der Waals surface area (Å²) in [5, 5.41) is 0. The molecule has 4 heteroatoms. The van der Waals surface area contributed by atoms with Gasteiger partial charge in [-0.25, -0.2) is 8.42 Å². The minimum atomic E-state index is -3.43. The van der Waals surface area contributed by atoms with E-state index in [2.05, 4.69) is 0 Å². The van der Waals surface area contributed by atoms with Crippen molar-refractivity contribution >= 4 is 19.7 Å². The van der Waals surface area contributed by atoms with Gasteiger partial charge in [0.1, 0.15) is 0 Å². The molecule has 0 rings (SSSR count). The fourth-order valence-corrected chi connectivity index (χ4v) is 1.80. The summed E-state index contributed by atoms with van der Waals surface area (Å²) in [6, 6.07) is 0. The Morgan fingerprint density at radius 3 is 1.82 bits per heavy atom. The summed E-state index contributed by atoms with van der Waals surface area (Å²) in [4.78, 5) is 0. The normalized spacial score (nSPS) is 14.0. The topological polar surface area (TPSA) is 34.1 Å². The summed E-state index contributed by atoms with van der Waals surface area (Å²) >= 11 is 0. The van der Waals surface area contributed by atoms with E-state index in [1.54, 1.807) is 13.8 Å². The van der Waals surface area contributed by atoms with Crippen molar-refractivity contribution in [3.8, 4) is 0 Å². The Hall–Kier alpha value is 0.240. The maximum absolute atomic E-state index is 11.0. The monoisotopic (exact) mass is 198 g/mol. The molecule has 68 valence electrons. The maximum Gasteiger partial charge on any atom is 0.237 e. The van der Waals surface area contributed by atoms with Crippen LogP contribution in [0.4, 0.5) is 0 Å². The predicted molar refractivity (Wildman–Crippen MR) is 48.3 cm³/mol. The van der Waals surface area contributed by atoms with E-state index < -0.39 is 13.8 Å². The van der Waals surface area contributed by atoms with Gasteiger partial charge in [0, 0.05) is 10.7 Å². The zero-order valence-corrected chi connectivity index (χ0v) is 8.96. The van der Waals surface area contributed by atoms with Crippen molar-refractivity contribution in [2.75, 3.05) is 0 Å². The van der Waals surface area contributed by atoms with Crippen LogP contribution in [-0.2, 0) is 9.05 Å². The van der Waals surface area contributed by atoms with Gasteiger partial charge < -0.3 is 0 Å². The lowest BCUT2D eigenvalue weighted by atomic mass is 10.0. The van der Waals surface area contributed by atoms with Crippen LogP contribution in [0.2, 0.25) is 0 Å². The molecule has 0 aromatic carbocycles. The van der Waals surface area contributed by atoms with Crippen molar-refractivity contribution in [1.82, 2.24) is 0 Å². The molecule has 0 N–H and O–H groups in total. The van der Waals surface area contributed by atoms with E-state index >= 15 is 0 Å². The fourth-order valence-electron chi connectivity index (χ4n) is 1.08. The molecule has 0 heterocycles. The first-order chi connectivity index (χ1) is 4.67. The molecule has 0 fully saturated rings. The fraction of sp³-hybridized carbons (Fsp3) is 1.00. The van der Waals surface area contributed by atoms with Crippen LogP contribution in [0, 0.1) is 5.92 Å². The van der Waals surface area contributed by atoms with Crippen molar-refractivity contribution in [1.29, 1.82) is 0 Å². The van der Waals surface area contributed by atoms with Gasteiger partial charge in [0.2, 0.25) is 9.05 Å². The first-order valence-corrected chi connectivity index (χ1v) is 5.92. The standard InChI is InChI=1S/C7H15ClO2S/c1-6(2)5-7(3,4)11(8,9)10/h6H,5H2,1-4H3. The van der Waals surface area contributed by atoms with E-state index in [1.165, 1.54) is 0 Å². The number of hydrogen-bond acceptors (Lipinski definition) is 2. The van der Waals surface area contributed by atoms with Crippen molar-refractivity contribution < 1.29 is 8.42 Å². The van der Waals surface area contributed by atoms with Crippen LogP contribution in [0.5, 0.6) is 0 Å². The van der Waals surface area contributed by atoms with Crippen LogP contribution in [0.15, 0.2) is 0 Å². The molecule has 0 aromatic rings. The highest BCUT2D eigenvalue weighted by Crippen LogP contribution is 2.27. The third-order valence-corrected chi connectivity index (χ3v) is 4.30. The molecule has 0 unspecified atom stereocenters. The summed E-state index contributed by atoms with van der Waals surface area (Å²) < 4.78 is 21.1. The zero-order valence-electron chi connectivity index (χ0n) is 7.39. The van der Waals surface area contributed by atoms with Gasteiger partial charge in [0.15, 0.2) is 0 Å². The lowest BCUT2D eigenvalue weighted by molar-refractivity contribution is 0.471. The van der Waals surface area contributed by atoms with Crippen LogP contribution in [0.25, 0.3) is 0 Å². The van der Waals surface area contributed by atoms with Gasteiger partial charge in [-0.3, -0.25) is 0 Å². The van der Waals surface area contributed by atoms with Crippen LogP contribution in [0.3, 0.4) is 0 Å². The summed E-state index contributed by atoms with van der Waals surface area (Å²) in [6.07, 6.45) is 0.596. The highest BCUT2D eigenvalue weighted by molar-refractivity contribution is 8.14. The van der Waals surface area contributed by atoms with Gasteiger partial charge in [0.05, 0.1) is 4.75 Å². The van der Waals surface area contributed by atoms with E-state index in [1.807, 2.05) is 13.8 Å². The molecule has 11 heavy (non-hydrogen) atoms. The highest BCUT2D eigenvalue weighted by atomic mass is 35.7. The first kappa shape index (κ1) is 11.2. The lowest BCUT2D eigenvalue weighted by Gasteiger charge is -2.22. The van der Waals surface area contributed by atoms with Gasteiger partial charge in [0.25, 0.3) is 0 Å². The molecule has 0 aromatic heterocycles. The van der Waals surface area contributed by atoms with Crippen LogP contribution in [0.1, 0.15) is 34.1 Å². The Bertz CT molecular complexity index is 217. The zero-order chi connectivity index (χ0) is 9.28. The van der Waals surface area contributed by atoms with Crippen molar-refractivity contribution in [2.45, 2.75) is 38.9 Å². The van der Waals surface area contributed by atoms with E-state index in [4.69, 9.17) is 10.7 Å². The van der Waals surface area contributed by atoms with Gasteiger partial charge in [-0.2, -0.15) is 0 Å². The quantitative estimate of drug-likeness (QED) is 0.653. The smallest absolute Gasteiger partial charge is 0.212 e. The highest BCUT2D eigenvalue weighted by Gasteiger charge is 2.32. The Balaban J connectivity index is 4.49. The van der Waals surface area contributed by atoms with Crippen molar-refractivity contribution in [3.63, 3.8) is 0 Å². The third-order valence-electron chi connectivity index (χ3n) is 1.56. The Morgan fingerprint density at radius 1 is 1.36 bits per heavy atom. The second kappa shape index (κ2) is 3.31. The molecule has 0 saturated carbocycles. The Labute approximate surface area is 73.4 Å². The van der Waals surface area contributed by atoms with Gasteiger partial charge >= 0.3 is 0 Å². The largest absolute Gasteiger partial charge is 0.237 e. The molecule has 0 bridgehead atoms. The first-order valence-electron chi connectivity index (χ1n) is 3.61. The minimum absolute atomic E-state index is 0.346. The van der Waals surface area contributed by atoms with E-state index in [-0.39, 0.29) is 0 Å². The molecular weight excluding hydrogens is 184 g/mol. The Morgan fingerprint density at radius 2 is 1.73 bits per heavy atom. The Kier molecular flexibility index (Phi) is 3.39. The average Bonchev–Trinajstić information content (AvgIpc) is 1.56. The van der Waals surface area contributed by atoms with Gasteiger partial charge in [-0.05, 0) is 26.2 Å².